The lowest BCUT2D eigenvalue weighted by atomic mass is 9.94. The number of furan rings is 1. The largest absolute Gasteiger partial charge is 0.474 e. The summed E-state index contributed by atoms with van der Waals surface area (Å²) < 4.78 is 38.9. The zero-order valence-electron chi connectivity index (χ0n) is 23.4. The van der Waals surface area contributed by atoms with Gasteiger partial charge in [-0.05, 0) is 69.7 Å². The minimum atomic E-state index is -0.558. The van der Waals surface area contributed by atoms with Crippen LogP contribution >= 0.6 is 0 Å². The zero-order valence-corrected chi connectivity index (χ0v) is 23.4. The van der Waals surface area contributed by atoms with Gasteiger partial charge in [0.05, 0.1) is 11.7 Å². The Kier molecular flexibility index (Phi) is 8.17. The van der Waals surface area contributed by atoms with E-state index < -0.39 is 5.60 Å². The number of nitrogens with zero attached hydrogens (tertiary/aromatic N) is 2. The molecule has 40 heavy (non-hydrogen) atoms. The zero-order chi connectivity index (χ0) is 28.3. The molecule has 1 saturated carbocycles. The normalized spacial score (nSPS) is 17.6. The SMILES string of the molecule is CCc1ccc(-c2c(-c3ccccc3F)oc3ncnc(O[C@@H]4CCC[C@H](OCC(=O)OC(C)(C)C)C4)c23)cc1. The second-order valence-corrected chi connectivity index (χ2v) is 11.1. The van der Waals surface area contributed by atoms with Gasteiger partial charge in [-0.25, -0.2) is 19.2 Å². The van der Waals surface area contributed by atoms with Crippen molar-refractivity contribution >= 4 is 17.1 Å². The van der Waals surface area contributed by atoms with Crippen LogP contribution in [0, 0.1) is 5.82 Å². The van der Waals surface area contributed by atoms with E-state index in [1.54, 1.807) is 18.2 Å². The third-order valence-electron chi connectivity index (χ3n) is 6.94. The van der Waals surface area contributed by atoms with Crippen LogP contribution in [0.2, 0.25) is 0 Å². The second-order valence-electron chi connectivity index (χ2n) is 11.1. The van der Waals surface area contributed by atoms with Crippen molar-refractivity contribution in [2.75, 3.05) is 6.61 Å². The highest BCUT2D eigenvalue weighted by Gasteiger charge is 2.29. The molecule has 1 fully saturated rings. The minimum Gasteiger partial charge on any atom is -0.474 e. The number of esters is 1. The van der Waals surface area contributed by atoms with Crippen molar-refractivity contribution in [3.05, 3.63) is 66.2 Å². The van der Waals surface area contributed by atoms with E-state index in [1.165, 1.54) is 18.0 Å². The Morgan fingerprint density at radius 2 is 1.80 bits per heavy atom. The highest BCUT2D eigenvalue weighted by molar-refractivity contribution is 6.03. The smallest absolute Gasteiger partial charge is 0.332 e. The van der Waals surface area contributed by atoms with Crippen molar-refractivity contribution in [2.45, 2.75) is 77.6 Å². The molecule has 0 bridgehead atoms. The quantitative estimate of drug-likeness (QED) is 0.214. The van der Waals surface area contributed by atoms with E-state index in [0.29, 0.717) is 40.3 Å². The van der Waals surface area contributed by atoms with Gasteiger partial charge in [0, 0.05) is 12.0 Å². The lowest BCUT2D eigenvalue weighted by Crippen LogP contribution is -2.33. The first-order valence-electron chi connectivity index (χ1n) is 13.8. The fourth-order valence-electron chi connectivity index (χ4n) is 5.09. The average Bonchev–Trinajstić information content (AvgIpc) is 3.32. The van der Waals surface area contributed by atoms with Gasteiger partial charge in [0.1, 0.15) is 41.6 Å². The van der Waals surface area contributed by atoms with Crippen LogP contribution in [0.1, 0.15) is 58.9 Å². The number of rotatable bonds is 8. The minimum absolute atomic E-state index is 0.0992. The number of fused-ring (bicyclic) bond motifs is 1. The molecule has 0 spiro atoms. The maximum absolute atomic E-state index is 15.0. The van der Waals surface area contributed by atoms with E-state index in [-0.39, 0.29) is 30.6 Å². The molecule has 210 valence electrons. The Bertz CT molecular complexity index is 1480. The van der Waals surface area contributed by atoms with Gasteiger partial charge in [0.25, 0.3) is 0 Å². The third-order valence-corrected chi connectivity index (χ3v) is 6.94. The van der Waals surface area contributed by atoms with Gasteiger partial charge in [-0.1, -0.05) is 43.3 Å². The van der Waals surface area contributed by atoms with E-state index >= 15 is 0 Å². The molecule has 0 unspecified atom stereocenters. The van der Waals surface area contributed by atoms with Crippen molar-refractivity contribution in [3.8, 4) is 28.3 Å². The van der Waals surface area contributed by atoms with E-state index in [1.807, 2.05) is 32.9 Å². The number of benzene rings is 2. The number of aryl methyl sites for hydroxylation is 1. The number of aromatic nitrogens is 2. The molecule has 2 atom stereocenters. The number of hydrogen-bond donors (Lipinski definition) is 0. The Balaban J connectivity index is 1.46. The van der Waals surface area contributed by atoms with Crippen molar-refractivity contribution in [1.29, 1.82) is 0 Å². The van der Waals surface area contributed by atoms with Gasteiger partial charge < -0.3 is 18.6 Å². The highest BCUT2D eigenvalue weighted by atomic mass is 19.1. The molecule has 0 radical (unpaired) electrons. The molecule has 7 nitrogen and oxygen atoms in total. The fourth-order valence-corrected chi connectivity index (χ4v) is 5.09. The first-order valence-corrected chi connectivity index (χ1v) is 13.8. The van der Waals surface area contributed by atoms with Crippen LogP contribution in [0.25, 0.3) is 33.6 Å². The highest BCUT2D eigenvalue weighted by Crippen LogP contribution is 2.44. The molecule has 4 aromatic rings. The number of ether oxygens (including phenoxy) is 3. The number of carbonyl (C=O) groups is 1. The topological polar surface area (TPSA) is 83.7 Å². The van der Waals surface area contributed by atoms with Crippen LogP contribution in [-0.2, 0) is 20.7 Å². The predicted molar refractivity (Wildman–Crippen MR) is 150 cm³/mol. The van der Waals surface area contributed by atoms with Gasteiger partial charge in [0.2, 0.25) is 11.6 Å². The van der Waals surface area contributed by atoms with Crippen molar-refractivity contribution in [1.82, 2.24) is 9.97 Å². The van der Waals surface area contributed by atoms with E-state index in [9.17, 15) is 9.18 Å². The summed E-state index contributed by atoms with van der Waals surface area (Å²) in [6.07, 6.45) is 5.12. The molecule has 1 aliphatic carbocycles. The van der Waals surface area contributed by atoms with Crippen LogP contribution in [0.4, 0.5) is 4.39 Å². The van der Waals surface area contributed by atoms with E-state index in [4.69, 9.17) is 18.6 Å². The van der Waals surface area contributed by atoms with E-state index in [2.05, 4.69) is 29.0 Å². The molecular weight excluding hydrogens is 511 g/mol. The molecule has 0 aliphatic heterocycles. The Morgan fingerprint density at radius 3 is 2.52 bits per heavy atom. The van der Waals surface area contributed by atoms with Crippen molar-refractivity contribution in [2.24, 2.45) is 0 Å². The van der Waals surface area contributed by atoms with Crippen molar-refractivity contribution < 1.29 is 27.8 Å². The second kappa shape index (κ2) is 11.8. The monoisotopic (exact) mass is 546 g/mol. The van der Waals surface area contributed by atoms with Gasteiger partial charge in [0.15, 0.2) is 0 Å². The summed E-state index contributed by atoms with van der Waals surface area (Å²) in [5.74, 6) is -0.0138. The van der Waals surface area contributed by atoms with Crippen molar-refractivity contribution in [3.63, 3.8) is 0 Å². The van der Waals surface area contributed by atoms with E-state index in [0.717, 1.165) is 31.2 Å². The van der Waals surface area contributed by atoms with Crippen LogP contribution < -0.4 is 4.74 Å². The average molecular weight is 547 g/mol. The summed E-state index contributed by atoms with van der Waals surface area (Å²) in [6.45, 7) is 7.49. The Morgan fingerprint density at radius 1 is 1.05 bits per heavy atom. The van der Waals surface area contributed by atoms with Gasteiger partial charge >= 0.3 is 5.97 Å². The summed E-state index contributed by atoms with van der Waals surface area (Å²) in [7, 11) is 0. The van der Waals surface area contributed by atoms with Gasteiger partial charge in [-0.2, -0.15) is 0 Å². The lowest BCUT2D eigenvalue weighted by Gasteiger charge is -2.29. The summed E-state index contributed by atoms with van der Waals surface area (Å²) in [4.78, 5) is 21.0. The molecule has 5 rings (SSSR count). The lowest BCUT2D eigenvalue weighted by molar-refractivity contribution is -0.163. The summed E-state index contributed by atoms with van der Waals surface area (Å²) in [5, 5.41) is 0.599. The maximum Gasteiger partial charge on any atom is 0.332 e. The molecule has 2 aromatic heterocycles. The van der Waals surface area contributed by atoms with Gasteiger partial charge in [-0.3, -0.25) is 0 Å². The molecule has 0 amide bonds. The molecule has 0 N–H and O–H groups in total. The molecule has 1 aliphatic rings. The first-order chi connectivity index (χ1) is 19.2. The summed E-state index contributed by atoms with van der Waals surface area (Å²) >= 11 is 0. The first kappa shape index (κ1) is 27.8. The van der Waals surface area contributed by atoms with Crippen LogP contribution in [0.15, 0.2) is 59.3 Å². The summed E-state index contributed by atoms with van der Waals surface area (Å²) in [5.41, 5.74) is 2.84. The number of halogens is 1. The summed E-state index contributed by atoms with van der Waals surface area (Å²) in [6, 6.07) is 14.6. The van der Waals surface area contributed by atoms with Crippen LogP contribution in [0.5, 0.6) is 5.88 Å². The molecular formula is C32H35FN2O5. The van der Waals surface area contributed by atoms with Gasteiger partial charge in [-0.15, -0.1) is 0 Å². The standard InChI is InChI=1S/C32H35FN2O5/c1-5-20-13-15-21(16-14-20)27-28-30(34-19-35-31(28)39-29(27)24-11-6-7-12-25(24)33)38-23-10-8-9-22(17-23)37-18-26(36)40-32(2,3)4/h6-7,11-16,19,22-23H,5,8-10,17-18H2,1-4H3/t22-,23+/m0/s1. The Labute approximate surface area is 233 Å². The molecule has 2 aromatic carbocycles. The molecule has 0 saturated heterocycles. The number of carbonyl (C=O) groups excluding carboxylic acids is 1. The fraction of sp³-hybridized carbons (Fsp3) is 0.406. The predicted octanol–water partition coefficient (Wildman–Crippen LogP) is 7.31. The Hall–Kier alpha value is -3.78. The molecule has 2 heterocycles. The molecule has 8 heteroatoms. The number of hydrogen-bond acceptors (Lipinski definition) is 7. The van der Waals surface area contributed by atoms with Crippen LogP contribution in [-0.4, -0.2) is 40.4 Å². The van der Waals surface area contributed by atoms with Crippen LogP contribution in [0.3, 0.4) is 0 Å². The third kappa shape index (κ3) is 6.33. The maximum atomic E-state index is 15.0.